The Bertz CT molecular complexity index is 200. The summed E-state index contributed by atoms with van der Waals surface area (Å²) in [6, 6.07) is 0. The van der Waals surface area contributed by atoms with Crippen molar-refractivity contribution in [2.24, 2.45) is 7.29 Å². The van der Waals surface area contributed by atoms with Crippen molar-refractivity contribution in [1.82, 2.24) is 0 Å². The molecule has 0 aliphatic carbocycles. The van der Waals surface area contributed by atoms with Crippen LogP contribution in [0.4, 0.5) is 0 Å². The molecule has 0 unspecified atom stereocenters. The Morgan fingerprint density at radius 2 is 0.947 bits per heavy atom. The summed E-state index contributed by atoms with van der Waals surface area (Å²) in [6.45, 7) is 2.96. The van der Waals surface area contributed by atoms with E-state index in [0.29, 0.717) is 0 Å². The summed E-state index contributed by atoms with van der Waals surface area (Å²) < 4.78 is 7.26. The van der Waals surface area contributed by atoms with E-state index in [4.69, 9.17) is 0 Å². The summed E-state index contributed by atoms with van der Waals surface area (Å²) in [5, 5.41) is 0. The van der Waals surface area contributed by atoms with Gasteiger partial charge in [-0.3, -0.25) is 0 Å². The van der Waals surface area contributed by atoms with Crippen LogP contribution in [0.15, 0.2) is 7.29 Å². The summed E-state index contributed by atoms with van der Waals surface area (Å²) >= 11 is 13.4. The van der Waals surface area contributed by atoms with Crippen LogP contribution in [0.3, 0.4) is 0 Å². The molecule has 14 heteroatoms. The van der Waals surface area contributed by atoms with E-state index in [1.165, 1.54) is 13.8 Å². The molecule has 0 heterocycles. The van der Waals surface area contributed by atoms with Crippen LogP contribution in [-0.4, -0.2) is 84.3 Å². The maximum absolute atomic E-state index is 9.91. The zero-order valence-electron chi connectivity index (χ0n) is 10.8. The van der Waals surface area contributed by atoms with E-state index >= 15 is 0 Å². The van der Waals surface area contributed by atoms with Crippen molar-refractivity contribution < 1.29 is 9.59 Å². The molecule has 0 aliphatic rings. The fraction of sp³-hybridized carbons (Fsp3) is 0.600. The van der Waals surface area contributed by atoms with Crippen LogP contribution in [0.1, 0.15) is 21.3 Å². The number of hydrogen-bond donors (Lipinski definition) is 0. The molecule has 0 aliphatic heterocycles. The van der Waals surface area contributed by atoms with Gasteiger partial charge < -0.3 is 0 Å². The fourth-order valence-electron chi connectivity index (χ4n) is 0.137. The molecular weight excluding hydrogens is 1100 g/mol. The van der Waals surface area contributed by atoms with Gasteiger partial charge in [0, 0.05) is 0 Å². The van der Waals surface area contributed by atoms with Gasteiger partial charge in [0.25, 0.3) is 0 Å². The molecule has 0 rings (SSSR count). The normalized spacial score (nSPS) is 6.05. The Balaban J connectivity index is -0.0000000307. The molecule has 0 radical (unpaired) electrons. The molecule has 0 N–H and O–H groups in total. The summed E-state index contributed by atoms with van der Waals surface area (Å²) in [7, 11) is 0. The summed E-state index contributed by atoms with van der Waals surface area (Å²) in [4.78, 5) is 19.8. The van der Waals surface area contributed by atoms with Crippen LogP contribution in [-0.2, 0) is 9.59 Å². The van der Waals surface area contributed by atoms with Crippen molar-refractivity contribution >= 4 is 183 Å². The molecule has 108 valence electrons. The average molecular weight is 1120 g/mol. The Kier molecular flexibility index (Phi) is 104. The SMILES string of the molecule is C.CC(=O)[N]=[Ga][I].CC(=O)[N]=[Ga][I].[GaH2][I].[GaH2][I].[GaH2][I]. The van der Waals surface area contributed by atoms with Gasteiger partial charge in [0.1, 0.15) is 0 Å². The fourth-order valence-corrected chi connectivity index (χ4v) is 4.79. The van der Waals surface area contributed by atoms with Gasteiger partial charge in [0.15, 0.2) is 0 Å². The molecule has 4 nitrogen and oxygen atoms in total. The molecule has 0 bridgehead atoms. The van der Waals surface area contributed by atoms with Crippen molar-refractivity contribution in [3.8, 4) is 0 Å². The van der Waals surface area contributed by atoms with Crippen molar-refractivity contribution in [3.63, 3.8) is 0 Å². The molecule has 2 amide bonds. The van der Waals surface area contributed by atoms with Gasteiger partial charge in [-0.15, -0.1) is 0 Å². The number of rotatable bonds is 0. The molecule has 0 spiro atoms. The molecule has 0 aromatic heterocycles. The molecule has 0 atom stereocenters. The molecule has 19 heavy (non-hydrogen) atoms. The van der Waals surface area contributed by atoms with Gasteiger partial charge >= 0.3 is 213 Å². The third kappa shape index (κ3) is 81.3. The molecule has 0 aromatic rings. The molecule has 0 saturated carbocycles. The second-order valence-corrected chi connectivity index (χ2v) is 9.18. The number of hydrogen-bond acceptors (Lipinski definition) is 2. The van der Waals surface area contributed by atoms with Gasteiger partial charge in [-0.05, 0) is 0 Å². The number of carbonyl (C=O) groups is 2. The molecule has 0 aromatic carbocycles. The first-order chi connectivity index (χ1) is 8.54. The van der Waals surface area contributed by atoms with E-state index in [9.17, 15) is 9.59 Å². The van der Waals surface area contributed by atoms with Gasteiger partial charge in [0.05, 0.1) is 0 Å². The number of amides is 2. The van der Waals surface area contributed by atoms with Crippen LogP contribution in [0.2, 0.25) is 0 Å². The zero-order chi connectivity index (χ0) is 16.0. The first-order valence-corrected chi connectivity index (χ1v) is 59.3. The number of carbonyl (C=O) groups excluding carboxylic acids is 2. The van der Waals surface area contributed by atoms with E-state index in [1.807, 2.05) is 0 Å². The summed E-state index contributed by atoms with van der Waals surface area (Å²) in [5.74, 6) is -0.0474. The summed E-state index contributed by atoms with van der Waals surface area (Å²) in [6.07, 6.45) is 0. The standard InChI is InChI=1S/2C2H3NO.CH4.5Ga.5HI.6H/c2*1-2(3)4;;;;;;;;;;;;;;;;;/h2*1H3;1H4;;;;;;5*1H;;;;;;/q;;;5*+1;;;;;;;;;;;/p-5. The molecule has 0 fully saturated rings. The quantitative estimate of drug-likeness (QED) is 0.276. The van der Waals surface area contributed by atoms with Gasteiger partial charge in [-0.25, -0.2) is 0 Å². The third-order valence-electron chi connectivity index (χ3n) is 0.461. The van der Waals surface area contributed by atoms with Crippen molar-refractivity contribution in [2.75, 3.05) is 0 Å². The van der Waals surface area contributed by atoms with Gasteiger partial charge in [-0.1, -0.05) is 7.43 Å². The van der Waals surface area contributed by atoms with Crippen molar-refractivity contribution in [1.29, 1.82) is 0 Å². The molecule has 0 saturated heterocycles. The summed E-state index contributed by atoms with van der Waals surface area (Å²) in [5.41, 5.74) is 0. The van der Waals surface area contributed by atoms with Crippen LogP contribution < -0.4 is 0 Å². The number of nitrogens with zero attached hydrogens (tertiary/aromatic N) is 2. The average Bonchev–Trinajstić information content (AvgIpc) is 2.37. The van der Waals surface area contributed by atoms with Gasteiger partial charge in [0.2, 0.25) is 0 Å². The Labute approximate surface area is 215 Å². The van der Waals surface area contributed by atoms with Crippen LogP contribution in [0.25, 0.3) is 0 Å². The van der Waals surface area contributed by atoms with E-state index < -0.39 is 27.3 Å². The topological polar surface area (TPSA) is 58.9 Å². The second-order valence-electron chi connectivity index (χ2n) is 1.49. The maximum atomic E-state index is 9.91. The monoisotopic (exact) mass is 1120 g/mol. The first-order valence-electron chi connectivity index (χ1n) is 3.94. The number of halogens is 5. The van der Waals surface area contributed by atoms with E-state index in [0.717, 1.165) is 45.2 Å². The van der Waals surface area contributed by atoms with E-state index in [-0.39, 0.29) is 19.2 Å². The first kappa shape index (κ1) is 39.7. The van der Waals surface area contributed by atoms with Crippen molar-refractivity contribution in [3.05, 3.63) is 0 Å². The Morgan fingerprint density at radius 3 is 0.947 bits per heavy atom. The minimum atomic E-state index is -0.509. The predicted octanol–water partition coefficient (Wildman–Crippen LogP) is 2.09. The Morgan fingerprint density at radius 1 is 0.789 bits per heavy atom. The second kappa shape index (κ2) is 49.6. The van der Waals surface area contributed by atoms with E-state index in [1.54, 1.807) is 0 Å². The van der Waals surface area contributed by atoms with Crippen LogP contribution in [0.5, 0.6) is 0 Å². The minimum absolute atomic E-state index is 0. The Hall–Kier alpha value is 5.77. The van der Waals surface area contributed by atoms with Crippen LogP contribution >= 0.6 is 98.4 Å². The van der Waals surface area contributed by atoms with Crippen molar-refractivity contribution in [2.45, 2.75) is 21.3 Å². The zero-order valence-corrected chi connectivity index (χ0v) is 39.0. The van der Waals surface area contributed by atoms with Gasteiger partial charge in [-0.2, -0.15) is 0 Å². The van der Waals surface area contributed by atoms with E-state index in [2.05, 4.69) is 106 Å². The predicted molar refractivity (Wildman–Crippen MR) is 140 cm³/mol. The third-order valence-corrected chi connectivity index (χ3v) is 5.29. The molecular formula is C5H16Ga5I5N2O2. The van der Waals surface area contributed by atoms with Crippen LogP contribution in [0, 0.1) is 0 Å².